The average molecular weight is 622 g/mol. The SMILES string of the molecule is [C-]#[N+]c1ccc(-n2nccc2-c2c(C(=O)N[C@@H](C)C(=O)N3CC[N+](C)(C)CC3)c(=O)n(-c3cccc(C(F)(F)F)c3)n2C)cc1. The molecule has 1 aliphatic heterocycles. The van der Waals surface area contributed by atoms with E-state index in [1.807, 2.05) is 0 Å². The van der Waals surface area contributed by atoms with Crippen LogP contribution in [0.1, 0.15) is 22.8 Å². The Labute approximate surface area is 257 Å². The third-order valence-corrected chi connectivity index (χ3v) is 8.00. The summed E-state index contributed by atoms with van der Waals surface area (Å²) in [6, 6.07) is 11.3. The number of piperazine rings is 1. The van der Waals surface area contributed by atoms with Gasteiger partial charge >= 0.3 is 6.18 Å². The van der Waals surface area contributed by atoms with E-state index in [0.717, 1.165) is 34.4 Å². The summed E-state index contributed by atoms with van der Waals surface area (Å²) in [5.74, 6) is -1.16. The highest BCUT2D eigenvalue weighted by Gasteiger charge is 2.34. The topological polar surface area (TPSA) is 98.5 Å². The van der Waals surface area contributed by atoms with E-state index in [1.165, 1.54) is 41.7 Å². The van der Waals surface area contributed by atoms with Crippen molar-refractivity contribution in [3.05, 3.63) is 93.7 Å². The van der Waals surface area contributed by atoms with Crippen LogP contribution in [-0.4, -0.2) is 86.7 Å². The van der Waals surface area contributed by atoms with E-state index in [4.69, 9.17) is 6.57 Å². The molecule has 1 N–H and O–H groups in total. The van der Waals surface area contributed by atoms with Crippen molar-refractivity contribution in [2.24, 2.45) is 7.05 Å². The smallest absolute Gasteiger partial charge is 0.340 e. The van der Waals surface area contributed by atoms with E-state index in [2.05, 4.69) is 29.4 Å². The first-order valence-corrected chi connectivity index (χ1v) is 14.2. The summed E-state index contributed by atoms with van der Waals surface area (Å²) >= 11 is 0. The highest BCUT2D eigenvalue weighted by Crippen LogP contribution is 2.31. The Balaban J connectivity index is 1.60. The van der Waals surface area contributed by atoms with Gasteiger partial charge in [-0.25, -0.2) is 14.2 Å². The summed E-state index contributed by atoms with van der Waals surface area (Å²) in [7, 11) is 5.60. The van der Waals surface area contributed by atoms with Crippen molar-refractivity contribution in [1.82, 2.24) is 29.4 Å². The number of aromatic nitrogens is 4. The van der Waals surface area contributed by atoms with E-state index in [-0.39, 0.29) is 28.5 Å². The minimum atomic E-state index is -4.66. The lowest BCUT2D eigenvalue weighted by Crippen LogP contribution is -2.59. The molecule has 1 fully saturated rings. The van der Waals surface area contributed by atoms with Crippen molar-refractivity contribution in [3.63, 3.8) is 0 Å². The summed E-state index contributed by atoms with van der Waals surface area (Å²) in [5.41, 5.74) is -1.05. The first-order chi connectivity index (χ1) is 21.2. The second kappa shape index (κ2) is 11.7. The number of hydrogen-bond acceptors (Lipinski definition) is 4. The van der Waals surface area contributed by atoms with Gasteiger partial charge in [0.15, 0.2) is 5.69 Å². The zero-order valence-electron chi connectivity index (χ0n) is 25.2. The third-order valence-electron chi connectivity index (χ3n) is 8.00. The molecule has 234 valence electrons. The molecule has 0 spiro atoms. The standard InChI is InChI=1S/C31H31F3N8O3/c1-20(29(44)39-15-17-42(4,5)18-16-39)37-28(43)26-27(25-13-14-36-40(25)23-11-9-22(35-2)10-12-23)38(3)41(30(26)45)24-8-6-7-21(19-24)31(32,33)34/h6-14,19-20H,15-18H2,1,3-5H3/p+1/t20-/m0/s1. The van der Waals surface area contributed by atoms with Gasteiger partial charge in [0.2, 0.25) is 5.91 Å². The molecule has 11 nitrogen and oxygen atoms in total. The Kier molecular flexibility index (Phi) is 8.15. The number of rotatable bonds is 6. The van der Waals surface area contributed by atoms with Gasteiger partial charge in [0.1, 0.15) is 17.3 Å². The normalized spacial score (nSPS) is 15.4. The molecular weight excluding hydrogens is 589 g/mol. The first kappa shape index (κ1) is 31.3. The maximum absolute atomic E-state index is 14.0. The molecule has 2 aromatic heterocycles. The zero-order valence-corrected chi connectivity index (χ0v) is 25.2. The lowest BCUT2D eigenvalue weighted by molar-refractivity contribution is -0.894. The van der Waals surface area contributed by atoms with Crippen LogP contribution in [-0.2, 0) is 18.0 Å². The number of hydrogen-bond donors (Lipinski definition) is 1. The highest BCUT2D eigenvalue weighted by atomic mass is 19.4. The average Bonchev–Trinajstić information content (AvgIpc) is 3.58. The predicted molar refractivity (Wildman–Crippen MR) is 160 cm³/mol. The summed E-state index contributed by atoms with van der Waals surface area (Å²) < 4.78 is 45.3. The van der Waals surface area contributed by atoms with Crippen molar-refractivity contribution >= 4 is 17.5 Å². The molecule has 0 aliphatic carbocycles. The Morgan fingerprint density at radius 1 is 1.04 bits per heavy atom. The number of amides is 2. The van der Waals surface area contributed by atoms with Crippen LogP contribution in [0.25, 0.3) is 27.6 Å². The molecule has 0 unspecified atom stereocenters. The summed E-state index contributed by atoms with van der Waals surface area (Å²) in [4.78, 5) is 46.2. The molecule has 0 bridgehead atoms. The van der Waals surface area contributed by atoms with Crippen LogP contribution < -0.4 is 10.9 Å². The Bertz CT molecular complexity index is 1850. The Morgan fingerprint density at radius 2 is 1.71 bits per heavy atom. The zero-order chi connectivity index (χ0) is 32.7. The van der Waals surface area contributed by atoms with E-state index in [9.17, 15) is 27.6 Å². The number of quaternary nitrogens is 1. The number of carbonyl (C=O) groups excluding carboxylic acids is 2. The number of nitrogens with one attached hydrogen (secondary N) is 1. The number of likely N-dealkylation sites (N-methyl/N-ethyl adjacent to an activating group) is 1. The minimum absolute atomic E-state index is 0.0679. The molecule has 1 aliphatic rings. The van der Waals surface area contributed by atoms with E-state index in [1.54, 1.807) is 35.2 Å². The predicted octanol–water partition coefficient (Wildman–Crippen LogP) is 3.64. The summed E-state index contributed by atoms with van der Waals surface area (Å²) in [5, 5.41) is 7.01. The number of nitrogens with zero attached hydrogens (tertiary/aromatic N) is 7. The van der Waals surface area contributed by atoms with Crippen molar-refractivity contribution in [1.29, 1.82) is 0 Å². The van der Waals surface area contributed by atoms with Crippen molar-refractivity contribution in [2.75, 3.05) is 40.3 Å². The molecule has 0 radical (unpaired) electrons. The van der Waals surface area contributed by atoms with Gasteiger partial charge < -0.3 is 14.7 Å². The van der Waals surface area contributed by atoms with Crippen LogP contribution in [0.3, 0.4) is 0 Å². The molecule has 5 rings (SSSR count). The van der Waals surface area contributed by atoms with Crippen molar-refractivity contribution in [3.8, 4) is 22.8 Å². The van der Waals surface area contributed by atoms with Gasteiger partial charge in [0.05, 0.1) is 75.7 Å². The molecule has 2 amide bonds. The van der Waals surface area contributed by atoms with Gasteiger partial charge in [-0.3, -0.25) is 19.1 Å². The monoisotopic (exact) mass is 621 g/mol. The van der Waals surface area contributed by atoms with E-state index >= 15 is 0 Å². The molecule has 2 aromatic carbocycles. The molecule has 4 aromatic rings. The Morgan fingerprint density at radius 3 is 2.33 bits per heavy atom. The lowest BCUT2D eigenvalue weighted by atomic mass is 10.1. The van der Waals surface area contributed by atoms with Crippen molar-refractivity contribution in [2.45, 2.75) is 19.1 Å². The fraction of sp³-hybridized carbons (Fsp3) is 0.323. The van der Waals surface area contributed by atoms with Crippen LogP contribution in [0.4, 0.5) is 18.9 Å². The molecular formula is C31H32F3N8O3+. The molecule has 14 heteroatoms. The molecule has 3 heterocycles. The highest BCUT2D eigenvalue weighted by molar-refractivity contribution is 6.02. The summed E-state index contributed by atoms with van der Waals surface area (Å²) in [6.45, 7) is 11.3. The quantitative estimate of drug-likeness (QED) is 0.263. The number of alkyl halides is 3. The lowest BCUT2D eigenvalue weighted by Gasteiger charge is -2.39. The van der Waals surface area contributed by atoms with E-state index in [0.29, 0.717) is 24.5 Å². The minimum Gasteiger partial charge on any atom is -0.340 e. The second-order valence-corrected chi connectivity index (χ2v) is 11.6. The number of benzene rings is 2. The Hall–Kier alpha value is -5.16. The van der Waals surface area contributed by atoms with Gasteiger partial charge in [0.25, 0.3) is 11.5 Å². The van der Waals surface area contributed by atoms with Crippen molar-refractivity contribution < 1.29 is 27.2 Å². The van der Waals surface area contributed by atoms with Crippen LogP contribution in [0, 0.1) is 6.57 Å². The maximum atomic E-state index is 14.0. The summed E-state index contributed by atoms with van der Waals surface area (Å²) in [6.07, 6.45) is -3.21. The fourth-order valence-corrected chi connectivity index (χ4v) is 5.40. The van der Waals surface area contributed by atoms with Crippen LogP contribution >= 0.6 is 0 Å². The maximum Gasteiger partial charge on any atom is 0.416 e. The van der Waals surface area contributed by atoms with Crippen LogP contribution in [0.5, 0.6) is 0 Å². The first-order valence-electron chi connectivity index (χ1n) is 14.2. The van der Waals surface area contributed by atoms with Gasteiger partial charge in [-0.1, -0.05) is 18.2 Å². The number of halogens is 3. The van der Waals surface area contributed by atoms with Crippen LogP contribution in [0.15, 0.2) is 65.6 Å². The van der Waals surface area contributed by atoms with Gasteiger partial charge in [-0.05, 0) is 43.3 Å². The second-order valence-electron chi connectivity index (χ2n) is 11.6. The van der Waals surface area contributed by atoms with Gasteiger partial charge in [-0.2, -0.15) is 18.3 Å². The van der Waals surface area contributed by atoms with Gasteiger partial charge in [0, 0.05) is 7.05 Å². The third kappa shape index (κ3) is 6.12. The molecule has 1 atom stereocenters. The van der Waals surface area contributed by atoms with Gasteiger partial charge in [-0.15, -0.1) is 0 Å². The molecule has 0 saturated carbocycles. The molecule has 1 saturated heterocycles. The fourth-order valence-electron chi connectivity index (χ4n) is 5.40. The molecule has 45 heavy (non-hydrogen) atoms. The largest absolute Gasteiger partial charge is 0.416 e. The van der Waals surface area contributed by atoms with Crippen LogP contribution in [0.2, 0.25) is 0 Å². The van der Waals surface area contributed by atoms with E-state index < -0.39 is 29.2 Å². The number of carbonyl (C=O) groups is 2.